The second kappa shape index (κ2) is 5.42. The summed E-state index contributed by atoms with van der Waals surface area (Å²) in [5.74, 6) is 0. The van der Waals surface area contributed by atoms with Gasteiger partial charge in [-0.15, -0.1) is 0 Å². The van der Waals surface area contributed by atoms with Crippen LogP contribution in [-0.4, -0.2) is 9.91 Å². The first-order chi connectivity index (χ1) is 10.1. The van der Waals surface area contributed by atoms with Crippen LogP contribution >= 0.6 is 11.6 Å². The standard InChI is InChI=1S/C16H11ClN2O2/c17-15-4-2-1-3-11(15)5-6-13-9-12-10-14(19(20)21)7-8-16(12)18-13/h1-10,18H. The highest BCUT2D eigenvalue weighted by molar-refractivity contribution is 6.32. The molecule has 21 heavy (non-hydrogen) atoms. The smallest absolute Gasteiger partial charge is 0.270 e. The third kappa shape index (κ3) is 2.80. The van der Waals surface area contributed by atoms with Crippen LogP contribution in [0.1, 0.15) is 11.3 Å². The summed E-state index contributed by atoms with van der Waals surface area (Å²) in [4.78, 5) is 13.6. The summed E-state index contributed by atoms with van der Waals surface area (Å²) in [5.41, 5.74) is 2.73. The van der Waals surface area contributed by atoms with E-state index >= 15 is 0 Å². The van der Waals surface area contributed by atoms with Crippen molar-refractivity contribution in [1.82, 2.24) is 4.98 Å². The predicted octanol–water partition coefficient (Wildman–Crippen LogP) is 4.90. The number of hydrogen-bond donors (Lipinski definition) is 1. The molecule has 1 aromatic heterocycles. The van der Waals surface area contributed by atoms with Crippen molar-refractivity contribution < 1.29 is 4.92 Å². The molecule has 0 aliphatic heterocycles. The lowest BCUT2D eigenvalue weighted by molar-refractivity contribution is -0.384. The fourth-order valence-corrected chi connectivity index (χ4v) is 2.33. The molecular formula is C16H11ClN2O2. The first kappa shape index (κ1) is 13.4. The SMILES string of the molecule is O=[N+]([O-])c1ccc2[nH]c(C=Cc3ccccc3Cl)cc2c1. The molecule has 4 nitrogen and oxygen atoms in total. The van der Waals surface area contributed by atoms with Crippen LogP contribution in [-0.2, 0) is 0 Å². The van der Waals surface area contributed by atoms with Gasteiger partial charge in [0.1, 0.15) is 0 Å². The number of H-pyrrole nitrogens is 1. The number of halogens is 1. The molecule has 0 amide bonds. The normalized spacial score (nSPS) is 11.3. The van der Waals surface area contributed by atoms with Gasteiger partial charge in [0.15, 0.2) is 0 Å². The topological polar surface area (TPSA) is 58.9 Å². The maximum Gasteiger partial charge on any atom is 0.270 e. The van der Waals surface area contributed by atoms with Gasteiger partial charge in [0.05, 0.1) is 4.92 Å². The number of rotatable bonds is 3. The summed E-state index contributed by atoms with van der Waals surface area (Å²) in [5, 5.41) is 12.3. The van der Waals surface area contributed by atoms with Crippen molar-refractivity contribution in [3.05, 3.63) is 74.9 Å². The van der Waals surface area contributed by atoms with Crippen LogP contribution in [0.15, 0.2) is 48.5 Å². The minimum Gasteiger partial charge on any atom is -0.355 e. The summed E-state index contributed by atoms with van der Waals surface area (Å²) < 4.78 is 0. The zero-order chi connectivity index (χ0) is 14.8. The second-order valence-electron chi connectivity index (χ2n) is 4.61. The Kier molecular flexibility index (Phi) is 3.46. The second-order valence-corrected chi connectivity index (χ2v) is 5.02. The molecule has 3 rings (SSSR count). The molecule has 0 atom stereocenters. The Bertz CT molecular complexity index is 852. The van der Waals surface area contributed by atoms with E-state index in [0.29, 0.717) is 5.02 Å². The van der Waals surface area contributed by atoms with Crippen LogP contribution in [0.4, 0.5) is 5.69 Å². The van der Waals surface area contributed by atoms with E-state index in [9.17, 15) is 10.1 Å². The Balaban J connectivity index is 1.95. The third-order valence-corrected chi connectivity index (χ3v) is 3.53. The molecular weight excluding hydrogens is 288 g/mol. The first-order valence-corrected chi connectivity index (χ1v) is 6.71. The van der Waals surface area contributed by atoms with Gasteiger partial charge in [-0.25, -0.2) is 0 Å². The van der Waals surface area contributed by atoms with Crippen molar-refractivity contribution in [2.24, 2.45) is 0 Å². The Morgan fingerprint density at radius 2 is 1.90 bits per heavy atom. The minimum absolute atomic E-state index is 0.0862. The zero-order valence-electron chi connectivity index (χ0n) is 10.9. The highest BCUT2D eigenvalue weighted by atomic mass is 35.5. The largest absolute Gasteiger partial charge is 0.355 e. The number of nitrogens with zero attached hydrogens (tertiary/aromatic N) is 1. The molecule has 0 aliphatic rings. The average Bonchev–Trinajstić information content (AvgIpc) is 2.88. The van der Waals surface area contributed by atoms with E-state index in [-0.39, 0.29) is 5.69 Å². The van der Waals surface area contributed by atoms with Crippen LogP contribution in [0.5, 0.6) is 0 Å². The average molecular weight is 299 g/mol. The molecule has 0 saturated carbocycles. The first-order valence-electron chi connectivity index (χ1n) is 6.33. The number of nitro benzene ring substituents is 1. The summed E-state index contributed by atoms with van der Waals surface area (Å²) in [7, 11) is 0. The summed E-state index contributed by atoms with van der Waals surface area (Å²) >= 11 is 6.09. The van der Waals surface area contributed by atoms with Gasteiger partial charge >= 0.3 is 0 Å². The summed E-state index contributed by atoms with van der Waals surface area (Å²) in [6, 6.07) is 14.2. The number of aromatic amines is 1. The van der Waals surface area contributed by atoms with Gasteiger partial charge in [0, 0.05) is 33.8 Å². The maximum atomic E-state index is 10.8. The van der Waals surface area contributed by atoms with Gasteiger partial charge in [-0.3, -0.25) is 10.1 Å². The van der Waals surface area contributed by atoms with E-state index in [4.69, 9.17) is 11.6 Å². The Morgan fingerprint density at radius 1 is 1.10 bits per heavy atom. The number of aromatic nitrogens is 1. The summed E-state index contributed by atoms with van der Waals surface area (Å²) in [6.45, 7) is 0. The van der Waals surface area contributed by atoms with Crippen LogP contribution in [0.25, 0.3) is 23.1 Å². The quantitative estimate of drug-likeness (QED) is 0.552. The minimum atomic E-state index is -0.397. The monoisotopic (exact) mass is 298 g/mol. The van der Waals surface area contributed by atoms with Crippen molar-refractivity contribution in [1.29, 1.82) is 0 Å². The van der Waals surface area contributed by atoms with E-state index in [1.165, 1.54) is 6.07 Å². The Morgan fingerprint density at radius 3 is 2.67 bits per heavy atom. The number of nitro groups is 1. The van der Waals surface area contributed by atoms with Crippen LogP contribution in [0, 0.1) is 10.1 Å². The van der Waals surface area contributed by atoms with Gasteiger partial charge < -0.3 is 4.98 Å². The fourth-order valence-electron chi connectivity index (χ4n) is 2.14. The van der Waals surface area contributed by atoms with E-state index in [2.05, 4.69) is 4.98 Å². The number of fused-ring (bicyclic) bond motifs is 1. The molecule has 0 unspecified atom stereocenters. The van der Waals surface area contributed by atoms with E-state index in [1.807, 2.05) is 42.5 Å². The molecule has 0 aliphatic carbocycles. The Labute approximate surface area is 125 Å². The van der Waals surface area contributed by atoms with Crippen LogP contribution < -0.4 is 0 Å². The van der Waals surface area contributed by atoms with Crippen molar-refractivity contribution in [2.75, 3.05) is 0 Å². The number of hydrogen-bond acceptors (Lipinski definition) is 2. The van der Waals surface area contributed by atoms with Gasteiger partial charge in [-0.1, -0.05) is 35.9 Å². The lowest BCUT2D eigenvalue weighted by atomic mass is 10.2. The molecule has 0 saturated heterocycles. The number of benzene rings is 2. The molecule has 3 aromatic rings. The highest BCUT2D eigenvalue weighted by Gasteiger charge is 2.07. The van der Waals surface area contributed by atoms with Crippen LogP contribution in [0.2, 0.25) is 5.02 Å². The van der Waals surface area contributed by atoms with Crippen molar-refractivity contribution in [3.8, 4) is 0 Å². The van der Waals surface area contributed by atoms with Crippen LogP contribution in [0.3, 0.4) is 0 Å². The maximum absolute atomic E-state index is 10.8. The lowest BCUT2D eigenvalue weighted by Crippen LogP contribution is -1.86. The van der Waals surface area contributed by atoms with Gasteiger partial charge in [-0.2, -0.15) is 0 Å². The summed E-state index contributed by atoms with van der Waals surface area (Å²) in [6.07, 6.45) is 3.80. The van der Waals surface area contributed by atoms with Gasteiger partial charge in [0.25, 0.3) is 5.69 Å². The third-order valence-electron chi connectivity index (χ3n) is 3.18. The fraction of sp³-hybridized carbons (Fsp3) is 0. The van der Waals surface area contributed by atoms with Gasteiger partial charge in [-0.05, 0) is 29.8 Å². The predicted molar refractivity (Wildman–Crippen MR) is 85.3 cm³/mol. The highest BCUT2D eigenvalue weighted by Crippen LogP contribution is 2.23. The van der Waals surface area contributed by atoms with Crippen molar-refractivity contribution in [3.63, 3.8) is 0 Å². The Hall–Kier alpha value is -2.59. The number of non-ortho nitro benzene ring substituents is 1. The molecule has 2 aromatic carbocycles. The molecule has 1 N–H and O–H groups in total. The van der Waals surface area contributed by atoms with E-state index in [1.54, 1.807) is 12.1 Å². The molecule has 5 heteroatoms. The molecule has 0 spiro atoms. The molecule has 0 fully saturated rings. The molecule has 104 valence electrons. The molecule has 0 radical (unpaired) electrons. The van der Waals surface area contributed by atoms with E-state index < -0.39 is 4.92 Å². The molecule has 0 bridgehead atoms. The lowest BCUT2D eigenvalue weighted by Gasteiger charge is -1.95. The van der Waals surface area contributed by atoms with Crippen molar-refractivity contribution in [2.45, 2.75) is 0 Å². The van der Waals surface area contributed by atoms with E-state index in [0.717, 1.165) is 22.2 Å². The molecule has 1 heterocycles. The zero-order valence-corrected chi connectivity index (χ0v) is 11.7. The van der Waals surface area contributed by atoms with Crippen molar-refractivity contribution >= 4 is 40.3 Å². The number of nitrogens with one attached hydrogen (secondary N) is 1. The van der Waals surface area contributed by atoms with Gasteiger partial charge in [0.2, 0.25) is 0 Å².